The normalized spacial score (nSPS) is 23.0. The molecule has 0 heterocycles. The Morgan fingerprint density at radius 2 is 2.11 bits per heavy atom. The van der Waals surface area contributed by atoms with E-state index in [1.165, 1.54) is 12.8 Å². The molecule has 1 N–H and O–H groups in total. The third kappa shape index (κ3) is 2.42. The van der Waals surface area contributed by atoms with Gasteiger partial charge in [-0.05, 0) is 30.7 Å². The van der Waals surface area contributed by atoms with Crippen molar-refractivity contribution < 1.29 is 9.59 Å². The van der Waals surface area contributed by atoms with Crippen LogP contribution in [-0.4, -0.2) is 18.2 Å². The molecule has 3 rings (SSSR count). The summed E-state index contributed by atoms with van der Waals surface area (Å²) in [5.74, 6) is 0.408. The monoisotopic (exact) mass is 257 g/mol. The Labute approximate surface area is 113 Å². The molecule has 2 aliphatic carbocycles. The Hall–Kier alpha value is -1.64. The van der Waals surface area contributed by atoms with Crippen LogP contribution >= 0.6 is 0 Å². The molecule has 1 saturated carbocycles. The molecule has 0 aromatic heterocycles. The fourth-order valence-electron chi connectivity index (χ4n) is 2.78. The molecule has 1 amide bonds. The number of fused-ring (bicyclic) bond motifs is 1. The zero-order valence-electron chi connectivity index (χ0n) is 11.2. The summed E-state index contributed by atoms with van der Waals surface area (Å²) in [6, 6.07) is 7.69. The van der Waals surface area contributed by atoms with Gasteiger partial charge in [-0.3, -0.25) is 9.59 Å². The van der Waals surface area contributed by atoms with Crippen molar-refractivity contribution in [3.05, 3.63) is 35.4 Å². The summed E-state index contributed by atoms with van der Waals surface area (Å²) in [5, 5.41) is 2.98. The summed E-state index contributed by atoms with van der Waals surface area (Å²) in [5.41, 5.74) is 1.88. The molecule has 100 valence electrons. The smallest absolute Gasteiger partial charge is 0.223 e. The fourth-order valence-corrected chi connectivity index (χ4v) is 2.78. The predicted octanol–water partition coefficient (Wildman–Crippen LogP) is 2.20. The highest BCUT2D eigenvalue weighted by atomic mass is 16.2. The van der Waals surface area contributed by atoms with Crippen LogP contribution in [0.2, 0.25) is 0 Å². The van der Waals surface area contributed by atoms with Crippen LogP contribution in [0.15, 0.2) is 24.3 Å². The molecule has 19 heavy (non-hydrogen) atoms. The van der Waals surface area contributed by atoms with E-state index in [0.29, 0.717) is 12.3 Å². The maximum Gasteiger partial charge on any atom is 0.223 e. The molecule has 1 fully saturated rings. The lowest BCUT2D eigenvalue weighted by atomic mass is 9.89. The van der Waals surface area contributed by atoms with Gasteiger partial charge >= 0.3 is 0 Å². The van der Waals surface area contributed by atoms with Crippen molar-refractivity contribution in [3.63, 3.8) is 0 Å². The zero-order valence-corrected chi connectivity index (χ0v) is 11.2. The number of hydrogen-bond acceptors (Lipinski definition) is 2. The highest BCUT2D eigenvalue weighted by Crippen LogP contribution is 2.32. The van der Waals surface area contributed by atoms with Crippen molar-refractivity contribution in [3.8, 4) is 0 Å². The number of carbonyl (C=O) groups is 2. The van der Waals surface area contributed by atoms with Gasteiger partial charge in [0.1, 0.15) is 0 Å². The first-order valence-electron chi connectivity index (χ1n) is 7.06. The van der Waals surface area contributed by atoms with Gasteiger partial charge in [-0.1, -0.05) is 31.2 Å². The van der Waals surface area contributed by atoms with Crippen LogP contribution in [0, 0.1) is 17.8 Å². The van der Waals surface area contributed by atoms with E-state index in [9.17, 15) is 9.59 Å². The van der Waals surface area contributed by atoms with E-state index in [-0.39, 0.29) is 23.5 Å². The molecule has 2 unspecified atom stereocenters. The average Bonchev–Trinajstić information content (AvgIpc) is 3.20. The third-order valence-electron chi connectivity index (χ3n) is 4.34. The van der Waals surface area contributed by atoms with E-state index >= 15 is 0 Å². The van der Waals surface area contributed by atoms with Crippen molar-refractivity contribution >= 4 is 11.7 Å². The largest absolute Gasteiger partial charge is 0.356 e. The van der Waals surface area contributed by atoms with Gasteiger partial charge in [-0.25, -0.2) is 0 Å². The Kier molecular flexibility index (Phi) is 3.13. The Morgan fingerprint density at radius 3 is 2.79 bits per heavy atom. The first-order valence-corrected chi connectivity index (χ1v) is 7.06. The van der Waals surface area contributed by atoms with Crippen molar-refractivity contribution in [2.75, 3.05) is 6.54 Å². The maximum atomic E-state index is 12.3. The third-order valence-corrected chi connectivity index (χ3v) is 4.34. The highest BCUT2D eigenvalue weighted by Gasteiger charge is 2.37. The number of amides is 1. The minimum Gasteiger partial charge on any atom is -0.356 e. The molecule has 3 nitrogen and oxygen atoms in total. The highest BCUT2D eigenvalue weighted by molar-refractivity contribution is 6.04. The van der Waals surface area contributed by atoms with Gasteiger partial charge in [0.25, 0.3) is 0 Å². The van der Waals surface area contributed by atoms with Gasteiger partial charge in [-0.2, -0.15) is 0 Å². The van der Waals surface area contributed by atoms with Crippen molar-refractivity contribution in [2.45, 2.75) is 26.2 Å². The van der Waals surface area contributed by atoms with Crippen LogP contribution in [-0.2, 0) is 11.2 Å². The number of carbonyl (C=O) groups excluding carboxylic acids is 2. The summed E-state index contributed by atoms with van der Waals surface area (Å²) < 4.78 is 0. The fraction of sp³-hybridized carbons (Fsp3) is 0.500. The molecular weight excluding hydrogens is 238 g/mol. The summed E-state index contributed by atoms with van der Waals surface area (Å²) in [4.78, 5) is 24.4. The van der Waals surface area contributed by atoms with Gasteiger partial charge < -0.3 is 5.32 Å². The van der Waals surface area contributed by atoms with Crippen LogP contribution in [0.25, 0.3) is 0 Å². The summed E-state index contributed by atoms with van der Waals surface area (Å²) in [6.07, 6.45) is 3.15. The second-order valence-electron chi connectivity index (χ2n) is 5.81. The van der Waals surface area contributed by atoms with Crippen LogP contribution in [0.1, 0.15) is 35.7 Å². The van der Waals surface area contributed by atoms with E-state index in [2.05, 4.69) is 5.32 Å². The van der Waals surface area contributed by atoms with E-state index in [0.717, 1.165) is 17.7 Å². The van der Waals surface area contributed by atoms with Crippen LogP contribution in [0.3, 0.4) is 0 Å². The first kappa shape index (κ1) is 12.4. The standard InChI is InChI=1S/C16H19NO2/c1-10(16(19)17-9-11-6-7-11)14-8-12-4-2-3-5-13(12)15(14)18/h2-5,10-11,14H,6-9H2,1H3,(H,17,19). The SMILES string of the molecule is CC(C(=O)NCC1CC1)C1Cc2ccccc2C1=O. The van der Waals surface area contributed by atoms with Gasteiger partial charge in [0.2, 0.25) is 5.91 Å². The summed E-state index contributed by atoms with van der Waals surface area (Å²) in [6.45, 7) is 2.65. The molecular formula is C16H19NO2. The molecule has 2 aliphatic rings. The molecule has 0 spiro atoms. The van der Waals surface area contributed by atoms with Crippen molar-refractivity contribution in [2.24, 2.45) is 17.8 Å². The number of rotatable bonds is 4. The minimum absolute atomic E-state index is 0.0260. The Bertz CT molecular complexity index is 519. The molecule has 0 bridgehead atoms. The second-order valence-corrected chi connectivity index (χ2v) is 5.81. The number of Topliss-reactive ketones (excluding diaryl/α,β-unsaturated/α-hetero) is 1. The number of hydrogen-bond donors (Lipinski definition) is 1. The topological polar surface area (TPSA) is 46.2 Å². The molecule has 0 radical (unpaired) electrons. The average molecular weight is 257 g/mol. The van der Waals surface area contributed by atoms with Gasteiger partial charge in [-0.15, -0.1) is 0 Å². The summed E-state index contributed by atoms with van der Waals surface area (Å²) >= 11 is 0. The molecule has 0 aliphatic heterocycles. The minimum atomic E-state index is -0.237. The van der Waals surface area contributed by atoms with Crippen LogP contribution in [0.5, 0.6) is 0 Å². The van der Waals surface area contributed by atoms with E-state index in [4.69, 9.17) is 0 Å². The van der Waals surface area contributed by atoms with Gasteiger partial charge in [0.15, 0.2) is 5.78 Å². The summed E-state index contributed by atoms with van der Waals surface area (Å²) in [7, 11) is 0. The van der Waals surface area contributed by atoms with Gasteiger partial charge in [0, 0.05) is 23.9 Å². The number of nitrogens with one attached hydrogen (secondary N) is 1. The quantitative estimate of drug-likeness (QED) is 0.899. The number of benzene rings is 1. The van der Waals surface area contributed by atoms with Crippen LogP contribution in [0.4, 0.5) is 0 Å². The van der Waals surface area contributed by atoms with E-state index in [1.54, 1.807) is 0 Å². The van der Waals surface area contributed by atoms with Crippen molar-refractivity contribution in [1.82, 2.24) is 5.32 Å². The van der Waals surface area contributed by atoms with Crippen LogP contribution < -0.4 is 5.32 Å². The lowest BCUT2D eigenvalue weighted by Crippen LogP contribution is -2.36. The molecule has 1 aromatic rings. The second kappa shape index (κ2) is 4.80. The Morgan fingerprint density at radius 1 is 1.37 bits per heavy atom. The van der Waals surface area contributed by atoms with E-state index in [1.807, 2.05) is 31.2 Å². The molecule has 0 saturated heterocycles. The molecule has 3 heteroatoms. The molecule has 1 aromatic carbocycles. The predicted molar refractivity (Wildman–Crippen MR) is 72.9 cm³/mol. The van der Waals surface area contributed by atoms with E-state index < -0.39 is 0 Å². The molecule has 2 atom stereocenters. The lowest BCUT2D eigenvalue weighted by molar-refractivity contribution is -0.125. The van der Waals surface area contributed by atoms with Crippen molar-refractivity contribution in [1.29, 1.82) is 0 Å². The maximum absolute atomic E-state index is 12.3. The zero-order chi connectivity index (χ0) is 13.4. The lowest BCUT2D eigenvalue weighted by Gasteiger charge is -2.17. The first-order chi connectivity index (χ1) is 9.16. The Balaban J connectivity index is 1.66. The number of ketones is 1. The van der Waals surface area contributed by atoms with Gasteiger partial charge in [0.05, 0.1) is 0 Å².